The van der Waals surface area contributed by atoms with Gasteiger partial charge in [-0.25, -0.2) is 4.79 Å². The molecular weight excluding hydrogens is 246 g/mol. The molecular formula is C14H17NO4. The molecule has 2 atom stereocenters. The predicted octanol–water partition coefficient (Wildman–Crippen LogP) is 1.31. The Bertz CT molecular complexity index is 483. The number of benzene rings is 1. The molecule has 0 radical (unpaired) electrons. The maximum atomic E-state index is 12.3. The van der Waals surface area contributed by atoms with E-state index in [1.54, 1.807) is 19.1 Å². The number of carbonyl (C=O) groups excluding carboxylic acids is 1. The summed E-state index contributed by atoms with van der Waals surface area (Å²) >= 11 is 0. The molecule has 1 amide bonds. The monoisotopic (exact) mass is 263 g/mol. The molecule has 1 fully saturated rings. The molecule has 0 aromatic heterocycles. The van der Waals surface area contributed by atoms with E-state index in [0.717, 1.165) is 5.56 Å². The van der Waals surface area contributed by atoms with Crippen LogP contribution in [0.15, 0.2) is 24.3 Å². The lowest BCUT2D eigenvalue weighted by Crippen LogP contribution is -2.51. The lowest BCUT2D eigenvalue weighted by Gasteiger charge is -2.35. The molecule has 0 saturated carbocycles. The summed E-state index contributed by atoms with van der Waals surface area (Å²) in [6, 6.07) is 7.25. The number of aliphatic carboxylic acids is 1. The molecule has 2 rings (SSSR count). The van der Waals surface area contributed by atoms with Gasteiger partial charge in [-0.05, 0) is 26.0 Å². The minimum Gasteiger partial charge on any atom is -0.479 e. The Hall–Kier alpha value is -1.88. The third kappa shape index (κ3) is 3.12. The van der Waals surface area contributed by atoms with Gasteiger partial charge in [0.05, 0.1) is 12.6 Å². The Morgan fingerprint density at radius 2 is 1.89 bits per heavy atom. The van der Waals surface area contributed by atoms with Crippen LogP contribution in [0.4, 0.5) is 0 Å². The lowest BCUT2D eigenvalue weighted by molar-refractivity contribution is -0.160. The first kappa shape index (κ1) is 13.5. The second kappa shape index (κ2) is 5.40. The van der Waals surface area contributed by atoms with E-state index in [1.165, 1.54) is 4.90 Å². The molecule has 1 aromatic rings. The first-order valence-corrected chi connectivity index (χ1v) is 6.21. The van der Waals surface area contributed by atoms with Crippen molar-refractivity contribution in [2.75, 3.05) is 13.1 Å². The fourth-order valence-electron chi connectivity index (χ4n) is 2.13. The fraction of sp³-hybridized carbons (Fsp3) is 0.429. The Kier molecular flexibility index (Phi) is 3.85. The van der Waals surface area contributed by atoms with Crippen LogP contribution in [0.2, 0.25) is 0 Å². The van der Waals surface area contributed by atoms with E-state index in [1.807, 2.05) is 19.1 Å². The van der Waals surface area contributed by atoms with Gasteiger partial charge in [0.1, 0.15) is 0 Å². The molecule has 102 valence electrons. The van der Waals surface area contributed by atoms with Gasteiger partial charge < -0.3 is 14.7 Å². The number of carbonyl (C=O) groups is 2. The first-order chi connectivity index (χ1) is 8.97. The van der Waals surface area contributed by atoms with Crippen molar-refractivity contribution in [1.82, 2.24) is 4.90 Å². The molecule has 1 N–H and O–H groups in total. The average Bonchev–Trinajstić information content (AvgIpc) is 2.38. The number of morpholine rings is 1. The van der Waals surface area contributed by atoms with Crippen molar-refractivity contribution in [3.8, 4) is 0 Å². The maximum absolute atomic E-state index is 12.3. The van der Waals surface area contributed by atoms with Gasteiger partial charge in [-0.3, -0.25) is 4.79 Å². The number of amides is 1. The summed E-state index contributed by atoms with van der Waals surface area (Å²) in [5, 5.41) is 9.00. The van der Waals surface area contributed by atoms with Crippen LogP contribution in [0.3, 0.4) is 0 Å². The topological polar surface area (TPSA) is 66.8 Å². The highest BCUT2D eigenvalue weighted by Gasteiger charge is 2.32. The number of nitrogens with zero attached hydrogens (tertiary/aromatic N) is 1. The summed E-state index contributed by atoms with van der Waals surface area (Å²) in [6.07, 6.45) is -1.22. The maximum Gasteiger partial charge on any atom is 0.334 e. The Balaban J connectivity index is 2.14. The van der Waals surface area contributed by atoms with E-state index in [0.29, 0.717) is 12.1 Å². The van der Waals surface area contributed by atoms with Gasteiger partial charge in [-0.15, -0.1) is 0 Å². The van der Waals surface area contributed by atoms with Gasteiger partial charge in [0.25, 0.3) is 5.91 Å². The summed E-state index contributed by atoms with van der Waals surface area (Å²) in [6.45, 7) is 4.22. The molecule has 1 saturated heterocycles. The highest BCUT2D eigenvalue weighted by molar-refractivity contribution is 5.94. The third-order valence-electron chi connectivity index (χ3n) is 3.12. The molecule has 1 aliphatic heterocycles. The van der Waals surface area contributed by atoms with Crippen molar-refractivity contribution >= 4 is 11.9 Å². The summed E-state index contributed by atoms with van der Waals surface area (Å²) in [5.74, 6) is -1.19. The van der Waals surface area contributed by atoms with Crippen LogP contribution in [-0.4, -0.2) is 47.2 Å². The van der Waals surface area contributed by atoms with E-state index in [-0.39, 0.29) is 18.6 Å². The van der Waals surface area contributed by atoms with Crippen molar-refractivity contribution in [1.29, 1.82) is 0 Å². The van der Waals surface area contributed by atoms with Gasteiger partial charge in [0.15, 0.2) is 6.10 Å². The summed E-state index contributed by atoms with van der Waals surface area (Å²) in [4.78, 5) is 24.8. The van der Waals surface area contributed by atoms with Crippen molar-refractivity contribution in [3.05, 3.63) is 35.4 Å². The fourth-order valence-corrected chi connectivity index (χ4v) is 2.13. The zero-order valence-corrected chi connectivity index (χ0v) is 11.0. The number of carboxylic acids is 1. The van der Waals surface area contributed by atoms with Gasteiger partial charge in [-0.2, -0.15) is 0 Å². The number of aryl methyl sites for hydroxylation is 1. The lowest BCUT2D eigenvalue weighted by atomic mass is 10.1. The molecule has 5 heteroatoms. The van der Waals surface area contributed by atoms with Crippen molar-refractivity contribution < 1.29 is 19.4 Å². The standard InChI is InChI=1S/C14H17NO4/c1-9-3-5-11(6-4-9)13(16)15-7-10(2)19-12(8-15)14(17)18/h3-6,10,12H,7-8H2,1-2H3,(H,17,18)/t10-,12?/m1/s1. The smallest absolute Gasteiger partial charge is 0.334 e. The predicted molar refractivity (Wildman–Crippen MR) is 69.1 cm³/mol. The van der Waals surface area contributed by atoms with Crippen molar-refractivity contribution in [3.63, 3.8) is 0 Å². The Labute approximate surface area is 111 Å². The number of carboxylic acid groups (broad SMARTS) is 1. The SMILES string of the molecule is Cc1ccc(C(=O)N2CC(C(=O)O)O[C@H](C)C2)cc1. The van der Waals surface area contributed by atoms with Gasteiger partial charge >= 0.3 is 5.97 Å². The quantitative estimate of drug-likeness (QED) is 0.873. The van der Waals surface area contributed by atoms with E-state index in [2.05, 4.69) is 0 Å². The Morgan fingerprint density at radius 1 is 1.26 bits per heavy atom. The molecule has 0 aliphatic carbocycles. The van der Waals surface area contributed by atoms with E-state index < -0.39 is 12.1 Å². The molecule has 1 aliphatic rings. The van der Waals surface area contributed by atoms with Gasteiger partial charge in [-0.1, -0.05) is 17.7 Å². The largest absolute Gasteiger partial charge is 0.479 e. The van der Waals surface area contributed by atoms with Gasteiger partial charge in [0.2, 0.25) is 0 Å². The van der Waals surface area contributed by atoms with Gasteiger partial charge in [0, 0.05) is 12.1 Å². The number of rotatable bonds is 2. The molecule has 1 unspecified atom stereocenters. The van der Waals surface area contributed by atoms with Crippen LogP contribution in [0.5, 0.6) is 0 Å². The van der Waals surface area contributed by atoms with Crippen molar-refractivity contribution in [2.45, 2.75) is 26.1 Å². The number of ether oxygens (including phenoxy) is 1. The second-order valence-corrected chi connectivity index (χ2v) is 4.85. The first-order valence-electron chi connectivity index (χ1n) is 6.21. The zero-order valence-electron chi connectivity index (χ0n) is 11.0. The molecule has 1 aromatic carbocycles. The third-order valence-corrected chi connectivity index (χ3v) is 3.12. The van der Waals surface area contributed by atoms with E-state index in [4.69, 9.17) is 9.84 Å². The minimum absolute atomic E-state index is 0.0897. The summed E-state index contributed by atoms with van der Waals surface area (Å²) in [5.41, 5.74) is 1.65. The van der Waals surface area contributed by atoms with E-state index >= 15 is 0 Å². The van der Waals surface area contributed by atoms with E-state index in [9.17, 15) is 9.59 Å². The summed E-state index contributed by atoms with van der Waals surface area (Å²) < 4.78 is 5.29. The average molecular weight is 263 g/mol. The van der Waals surface area contributed by atoms with Crippen molar-refractivity contribution in [2.24, 2.45) is 0 Å². The number of hydrogen-bond acceptors (Lipinski definition) is 3. The normalized spacial score (nSPS) is 23.2. The van der Waals surface area contributed by atoms with Crippen LogP contribution in [0.25, 0.3) is 0 Å². The zero-order chi connectivity index (χ0) is 14.0. The molecule has 0 spiro atoms. The van der Waals surface area contributed by atoms with Crippen LogP contribution in [0, 0.1) is 6.92 Å². The second-order valence-electron chi connectivity index (χ2n) is 4.85. The van der Waals surface area contributed by atoms with Crippen LogP contribution >= 0.6 is 0 Å². The molecule has 1 heterocycles. The Morgan fingerprint density at radius 3 is 2.47 bits per heavy atom. The van der Waals surface area contributed by atoms with Crippen LogP contribution in [0.1, 0.15) is 22.8 Å². The highest BCUT2D eigenvalue weighted by atomic mass is 16.5. The molecule has 0 bridgehead atoms. The molecule has 19 heavy (non-hydrogen) atoms. The number of hydrogen-bond donors (Lipinski definition) is 1. The van der Waals surface area contributed by atoms with Crippen LogP contribution < -0.4 is 0 Å². The minimum atomic E-state index is -1.03. The summed E-state index contributed by atoms with van der Waals surface area (Å²) in [7, 11) is 0. The highest BCUT2D eigenvalue weighted by Crippen LogP contribution is 2.15. The molecule has 5 nitrogen and oxygen atoms in total. The van der Waals surface area contributed by atoms with Crippen LogP contribution in [-0.2, 0) is 9.53 Å².